The number of fused-ring (bicyclic) bond motifs is 3. The topological polar surface area (TPSA) is 117 Å². The minimum Gasteiger partial charge on any atom is -0.459 e. The molecule has 7 rings (SSSR count). The molecular formula is C27H29FN7O4+. The van der Waals surface area contributed by atoms with Crippen LogP contribution in [0.25, 0.3) is 5.82 Å². The van der Waals surface area contributed by atoms with Gasteiger partial charge in [0.15, 0.2) is 0 Å². The van der Waals surface area contributed by atoms with E-state index in [0.29, 0.717) is 61.7 Å². The van der Waals surface area contributed by atoms with Gasteiger partial charge in [-0.3, -0.25) is 9.69 Å². The summed E-state index contributed by atoms with van der Waals surface area (Å²) in [6.07, 6.45) is 2.62. The fourth-order valence-corrected chi connectivity index (χ4v) is 6.38. The lowest BCUT2D eigenvalue weighted by atomic mass is 9.93. The number of pyridine rings is 1. The Morgan fingerprint density at radius 2 is 2.05 bits per heavy atom. The second-order valence-corrected chi connectivity index (χ2v) is 10.8. The van der Waals surface area contributed by atoms with Crippen LogP contribution in [-0.4, -0.2) is 87.1 Å². The fraction of sp³-hybridized carbons (Fsp3) is 0.481. The standard InChI is InChI=1S/C27H28FN7O4/c1-15-10-21-19(27(37)39-15)2-3-20(25(21)28)23-12-33-8-9-34(11-16(33)13-38-23)26(36)18-4-6-22-17(18)5-7-24(30-22)35-14-29-31-32-35/h2-3,5,7,14-16,18,23H,4,6,8-13H2,1H3/p+1/t15-,16+,18?,23+/m0/s1. The average Bonchev–Trinajstić information content (AvgIpc) is 3.63. The van der Waals surface area contributed by atoms with E-state index in [0.717, 1.165) is 24.1 Å². The Balaban J connectivity index is 1.02. The fourth-order valence-electron chi connectivity index (χ4n) is 6.38. The van der Waals surface area contributed by atoms with Gasteiger partial charge in [0.25, 0.3) is 12.1 Å². The molecule has 1 aromatic carbocycles. The van der Waals surface area contributed by atoms with Crippen molar-refractivity contribution in [1.29, 1.82) is 0 Å². The Hall–Kier alpha value is -3.77. The summed E-state index contributed by atoms with van der Waals surface area (Å²) >= 11 is 0. The number of hydrogen-bond acceptors (Lipinski definition) is 8. The second-order valence-electron chi connectivity index (χ2n) is 10.8. The Bertz CT molecular complexity index is 1450. The van der Waals surface area contributed by atoms with Gasteiger partial charge < -0.3 is 14.4 Å². The summed E-state index contributed by atoms with van der Waals surface area (Å²) in [6.45, 7) is 4.62. The summed E-state index contributed by atoms with van der Waals surface area (Å²) in [6, 6.07) is 7.21. The van der Waals surface area contributed by atoms with Gasteiger partial charge in [-0.1, -0.05) is 11.3 Å². The van der Waals surface area contributed by atoms with Gasteiger partial charge in [0.2, 0.25) is 5.91 Å². The van der Waals surface area contributed by atoms with Crippen LogP contribution in [0, 0.1) is 5.82 Å². The highest BCUT2D eigenvalue weighted by Crippen LogP contribution is 2.36. The summed E-state index contributed by atoms with van der Waals surface area (Å²) in [5.74, 6) is -0.224. The third kappa shape index (κ3) is 4.18. The van der Waals surface area contributed by atoms with Crippen LogP contribution in [0.2, 0.25) is 0 Å². The van der Waals surface area contributed by atoms with E-state index in [9.17, 15) is 9.59 Å². The van der Waals surface area contributed by atoms with Gasteiger partial charge >= 0.3 is 5.97 Å². The molecule has 5 heterocycles. The van der Waals surface area contributed by atoms with Crippen molar-refractivity contribution in [2.45, 2.75) is 50.4 Å². The van der Waals surface area contributed by atoms with E-state index in [1.807, 2.05) is 17.0 Å². The smallest absolute Gasteiger partial charge is 0.338 e. The third-order valence-electron chi connectivity index (χ3n) is 8.41. The Labute approximate surface area is 223 Å². The molecule has 2 aromatic heterocycles. The van der Waals surface area contributed by atoms with E-state index < -0.39 is 12.1 Å². The average molecular weight is 535 g/mol. The molecule has 0 spiro atoms. The molecule has 39 heavy (non-hydrogen) atoms. The van der Waals surface area contributed by atoms with Crippen molar-refractivity contribution in [3.63, 3.8) is 0 Å². The van der Waals surface area contributed by atoms with E-state index >= 15 is 4.39 Å². The number of esters is 1. The number of carbonyl (C=O) groups excluding carboxylic acids is 2. The molecule has 1 N–H and O–H groups in total. The maximum atomic E-state index is 15.5. The van der Waals surface area contributed by atoms with Crippen LogP contribution < -0.4 is 4.68 Å². The van der Waals surface area contributed by atoms with Crippen LogP contribution in [0.3, 0.4) is 0 Å². The van der Waals surface area contributed by atoms with Crippen LogP contribution >= 0.6 is 0 Å². The maximum Gasteiger partial charge on any atom is 0.338 e. The molecular weight excluding hydrogens is 505 g/mol. The van der Waals surface area contributed by atoms with Crippen molar-refractivity contribution in [1.82, 2.24) is 30.3 Å². The third-order valence-corrected chi connectivity index (χ3v) is 8.41. The van der Waals surface area contributed by atoms with Crippen LogP contribution in [0.5, 0.6) is 0 Å². The number of cyclic esters (lactones) is 1. The number of ether oxygens (including phenoxy) is 2. The van der Waals surface area contributed by atoms with Gasteiger partial charge in [-0.2, -0.15) is 0 Å². The lowest BCUT2D eigenvalue weighted by Crippen LogP contribution is -2.60. The normalized spacial score (nSPS) is 26.5. The number of halogens is 1. The highest BCUT2D eigenvalue weighted by Gasteiger charge is 2.40. The van der Waals surface area contributed by atoms with Crippen LogP contribution in [0.4, 0.5) is 4.39 Å². The molecule has 4 aliphatic rings. The van der Waals surface area contributed by atoms with Crippen molar-refractivity contribution in [2.75, 3.05) is 32.8 Å². The van der Waals surface area contributed by atoms with E-state index in [2.05, 4.69) is 20.4 Å². The van der Waals surface area contributed by atoms with Crippen LogP contribution in [-0.2, 0) is 27.1 Å². The molecule has 0 saturated carbocycles. The number of aromatic amines is 1. The molecule has 1 amide bonds. The van der Waals surface area contributed by atoms with Gasteiger partial charge in [0.05, 0.1) is 30.2 Å². The monoisotopic (exact) mass is 534 g/mol. The molecule has 11 nitrogen and oxygen atoms in total. The summed E-state index contributed by atoms with van der Waals surface area (Å²) in [5.41, 5.74) is 3.11. The van der Waals surface area contributed by atoms with Gasteiger partial charge in [-0.05, 0) is 31.0 Å². The molecule has 1 aliphatic carbocycles. The van der Waals surface area contributed by atoms with E-state index in [1.54, 1.807) is 30.1 Å². The lowest BCUT2D eigenvalue weighted by molar-refractivity contribution is -0.664. The summed E-state index contributed by atoms with van der Waals surface area (Å²) in [7, 11) is 0. The Kier molecular flexibility index (Phi) is 5.89. The van der Waals surface area contributed by atoms with Gasteiger partial charge in [0, 0.05) is 61.3 Å². The zero-order chi connectivity index (χ0) is 26.7. The van der Waals surface area contributed by atoms with Gasteiger partial charge in [-0.15, -0.1) is 9.67 Å². The quantitative estimate of drug-likeness (QED) is 0.391. The maximum absolute atomic E-state index is 15.5. The predicted molar refractivity (Wildman–Crippen MR) is 132 cm³/mol. The van der Waals surface area contributed by atoms with Crippen molar-refractivity contribution in [3.8, 4) is 5.82 Å². The first-order valence-electron chi connectivity index (χ1n) is 13.4. The number of rotatable bonds is 3. The molecule has 0 bridgehead atoms. The van der Waals surface area contributed by atoms with Gasteiger partial charge in [-0.25, -0.2) is 9.18 Å². The SMILES string of the molecule is C[C@H]1Cc2c(ccc([C@H]3CN4CCN(C(=O)C5CCc6nc(-[n+]7cnn[nH]7)ccc65)C[C@@H]4CO3)c2F)C(=O)O1. The zero-order valence-electron chi connectivity index (χ0n) is 21.5. The number of H-pyrrole nitrogens is 1. The van der Waals surface area contributed by atoms with Crippen molar-refractivity contribution < 1.29 is 28.1 Å². The van der Waals surface area contributed by atoms with Crippen LogP contribution in [0.1, 0.15) is 58.1 Å². The first kappa shape index (κ1) is 24.3. The highest BCUT2D eigenvalue weighted by atomic mass is 19.1. The van der Waals surface area contributed by atoms with Crippen LogP contribution in [0.15, 0.2) is 30.6 Å². The number of tetrazole rings is 1. The number of nitrogens with zero attached hydrogens (tertiary/aromatic N) is 6. The highest BCUT2D eigenvalue weighted by molar-refractivity contribution is 5.92. The van der Waals surface area contributed by atoms with E-state index in [4.69, 9.17) is 14.5 Å². The molecule has 2 saturated heterocycles. The van der Waals surface area contributed by atoms with Crippen molar-refractivity contribution in [2.24, 2.45) is 0 Å². The van der Waals surface area contributed by atoms with Crippen molar-refractivity contribution >= 4 is 11.9 Å². The molecule has 1 unspecified atom stereocenters. The molecule has 2 fully saturated rings. The summed E-state index contributed by atoms with van der Waals surface area (Å²) in [5, 5.41) is 10.3. The molecule has 202 valence electrons. The van der Waals surface area contributed by atoms with E-state index in [1.165, 1.54) is 0 Å². The second kappa shape index (κ2) is 9.45. The first-order valence-corrected chi connectivity index (χ1v) is 13.4. The largest absolute Gasteiger partial charge is 0.459 e. The number of carbonyl (C=O) groups is 2. The first-order chi connectivity index (χ1) is 19.0. The number of amides is 1. The summed E-state index contributed by atoms with van der Waals surface area (Å²) in [4.78, 5) is 34.7. The molecule has 12 heteroatoms. The Morgan fingerprint density at radius 1 is 1.18 bits per heavy atom. The predicted octanol–water partition coefficient (Wildman–Crippen LogP) is 1.03. The molecule has 4 atom stereocenters. The number of nitrogens with one attached hydrogen (secondary N) is 1. The summed E-state index contributed by atoms with van der Waals surface area (Å²) < 4.78 is 28.5. The Morgan fingerprint density at radius 3 is 2.90 bits per heavy atom. The number of aromatic nitrogens is 5. The molecule has 3 aromatic rings. The molecule has 3 aliphatic heterocycles. The van der Waals surface area contributed by atoms with Crippen molar-refractivity contribution in [3.05, 3.63) is 64.4 Å². The molecule has 0 radical (unpaired) electrons. The zero-order valence-corrected chi connectivity index (χ0v) is 21.5. The number of hydrogen-bond donors (Lipinski definition) is 1. The number of piperazine rings is 1. The minimum absolute atomic E-state index is 0.0558. The number of benzene rings is 1. The lowest BCUT2D eigenvalue weighted by Gasteiger charge is -2.46. The number of morpholine rings is 1. The number of aryl methyl sites for hydroxylation is 1. The van der Waals surface area contributed by atoms with Gasteiger partial charge in [0.1, 0.15) is 22.8 Å². The minimum atomic E-state index is -0.477. The van der Waals surface area contributed by atoms with E-state index in [-0.39, 0.29) is 29.8 Å².